The van der Waals surface area contributed by atoms with Gasteiger partial charge in [0, 0.05) is 35.8 Å². The third-order valence-corrected chi connectivity index (χ3v) is 12.1. The van der Waals surface area contributed by atoms with E-state index >= 15 is 8.78 Å². The lowest BCUT2D eigenvalue weighted by Crippen LogP contribution is -2.58. The number of hydrogen-bond acceptors (Lipinski definition) is 11. The molecule has 2 aromatic carbocycles. The van der Waals surface area contributed by atoms with E-state index in [0.717, 1.165) is 30.4 Å². The molecular weight excluding hydrogens is 761 g/mol. The van der Waals surface area contributed by atoms with Gasteiger partial charge in [-0.1, -0.05) is 17.7 Å². The second kappa shape index (κ2) is 13.4. The number of ether oxygens (including phenoxy) is 2. The largest absolute Gasteiger partial charge is 0.461 e. The number of alkyl halides is 1. The van der Waals surface area contributed by atoms with Crippen molar-refractivity contribution in [2.45, 2.75) is 75.7 Å². The number of urea groups is 1. The van der Waals surface area contributed by atoms with Gasteiger partial charge in [-0.25, -0.2) is 22.8 Å². The van der Waals surface area contributed by atoms with Gasteiger partial charge < -0.3 is 19.7 Å². The Bertz CT molecular complexity index is 2350. The lowest BCUT2D eigenvalue weighted by molar-refractivity contribution is -0.124. The molecule has 55 heavy (non-hydrogen) atoms. The number of aromatic nitrogens is 2. The fourth-order valence-electron chi connectivity index (χ4n) is 8.38. The van der Waals surface area contributed by atoms with E-state index in [9.17, 15) is 24.0 Å². The standard InChI is InChI=1S/C37H36ClF3N8O5S/c1-35(2,3)54-34(52)45-30-21(14-42)24-19(6-7-23(40)28(24)55-30)25-22(38)12-20-27(26(25)41)43-33(53-17-36-8-4-11-49(36)15-18(39)13-36)44-29(20)48-10-5-9-37(16-48)31(50)46-32(51)47-37/h6-7,12,18H,4-5,8-11,13,15-17H2,1-3H3,(H,45,52)(H2,46,47,50,51)/t18-,36+,37-/m1/s1. The third-order valence-electron chi connectivity index (χ3n) is 10.7. The summed E-state index contributed by atoms with van der Waals surface area (Å²) in [5.41, 5.74) is -3.14. The number of nitriles is 1. The number of rotatable bonds is 6. The molecule has 0 radical (unpaired) electrons. The first kappa shape index (κ1) is 37.0. The van der Waals surface area contributed by atoms with Crippen LogP contribution in [0.4, 0.5) is 33.6 Å². The van der Waals surface area contributed by atoms with Crippen LogP contribution in [-0.2, 0) is 9.53 Å². The van der Waals surface area contributed by atoms with Gasteiger partial charge in [-0.15, -0.1) is 11.3 Å². The molecule has 3 N–H and O–H groups in total. The van der Waals surface area contributed by atoms with Crippen LogP contribution in [0.3, 0.4) is 0 Å². The Morgan fingerprint density at radius 1 is 1.20 bits per heavy atom. The van der Waals surface area contributed by atoms with Crippen LogP contribution in [0.25, 0.3) is 32.1 Å². The number of amides is 4. The summed E-state index contributed by atoms with van der Waals surface area (Å²) in [5.74, 6) is -1.93. The molecule has 0 saturated carbocycles. The van der Waals surface area contributed by atoms with Crippen molar-refractivity contribution < 1.29 is 37.0 Å². The molecule has 0 unspecified atom stereocenters. The summed E-state index contributed by atoms with van der Waals surface area (Å²) in [6, 6.07) is 5.08. The Balaban J connectivity index is 1.27. The number of halogens is 4. The van der Waals surface area contributed by atoms with Gasteiger partial charge in [0.05, 0.1) is 27.4 Å². The number of benzene rings is 2. The van der Waals surface area contributed by atoms with E-state index in [-0.39, 0.29) is 79.1 Å². The summed E-state index contributed by atoms with van der Waals surface area (Å²) in [7, 11) is 0. The average Bonchev–Trinajstić information content (AvgIpc) is 3.83. The van der Waals surface area contributed by atoms with Crippen molar-refractivity contribution in [1.82, 2.24) is 25.5 Å². The zero-order valence-corrected chi connectivity index (χ0v) is 31.7. The van der Waals surface area contributed by atoms with Crippen LogP contribution in [0.15, 0.2) is 18.2 Å². The van der Waals surface area contributed by atoms with Crippen LogP contribution in [0.5, 0.6) is 6.01 Å². The van der Waals surface area contributed by atoms with Crippen molar-refractivity contribution in [2.24, 2.45) is 0 Å². The molecule has 288 valence electrons. The van der Waals surface area contributed by atoms with Crippen LogP contribution in [0, 0.1) is 23.0 Å². The highest BCUT2D eigenvalue weighted by Gasteiger charge is 2.51. The molecule has 4 amide bonds. The molecule has 4 saturated heterocycles. The van der Waals surface area contributed by atoms with E-state index in [4.69, 9.17) is 26.1 Å². The zero-order chi connectivity index (χ0) is 39.0. The first-order valence-corrected chi connectivity index (χ1v) is 19.1. The Labute approximate surface area is 322 Å². The summed E-state index contributed by atoms with van der Waals surface area (Å²) in [6.07, 6.45) is 0.813. The molecule has 4 aromatic rings. The minimum Gasteiger partial charge on any atom is -0.461 e. The molecule has 1 spiro atoms. The number of imide groups is 1. The van der Waals surface area contributed by atoms with Crippen LogP contribution in [-0.4, -0.2) is 88.5 Å². The summed E-state index contributed by atoms with van der Waals surface area (Å²) < 4.78 is 58.9. The van der Waals surface area contributed by atoms with Gasteiger partial charge in [0.25, 0.3) is 5.91 Å². The predicted octanol–water partition coefficient (Wildman–Crippen LogP) is 6.80. The number of carbonyl (C=O) groups is 3. The van der Waals surface area contributed by atoms with Crippen LogP contribution >= 0.6 is 22.9 Å². The second-order valence-electron chi connectivity index (χ2n) is 15.5. The third kappa shape index (κ3) is 6.43. The van der Waals surface area contributed by atoms with Gasteiger partial charge >= 0.3 is 18.1 Å². The number of carbonyl (C=O) groups excluding carboxylic acids is 3. The highest BCUT2D eigenvalue weighted by Crippen LogP contribution is 2.47. The Morgan fingerprint density at radius 3 is 2.71 bits per heavy atom. The number of fused-ring (bicyclic) bond motifs is 3. The molecule has 6 heterocycles. The molecule has 0 bridgehead atoms. The predicted molar refractivity (Wildman–Crippen MR) is 199 cm³/mol. The molecule has 4 aliphatic heterocycles. The topological polar surface area (TPSA) is 162 Å². The molecule has 4 fully saturated rings. The van der Waals surface area contributed by atoms with Gasteiger partial charge in [-0.05, 0) is 70.7 Å². The summed E-state index contributed by atoms with van der Waals surface area (Å²) in [5, 5.41) is 17.9. The SMILES string of the molecule is CC(C)(C)OC(=O)Nc1sc2c(F)ccc(-c3c(Cl)cc4c(N5CCC[C@]6(C5)NC(=O)NC6=O)nc(OC[C@@]56CCCN5C[C@H](F)C6)nc4c3F)c2c1C#N. The molecule has 3 atom stereocenters. The van der Waals surface area contributed by atoms with E-state index in [1.54, 1.807) is 25.7 Å². The maximum Gasteiger partial charge on any atom is 0.412 e. The first-order valence-electron chi connectivity index (χ1n) is 17.9. The van der Waals surface area contributed by atoms with E-state index in [1.807, 2.05) is 6.07 Å². The number of piperidine rings is 1. The molecule has 8 rings (SSSR count). The number of hydrogen-bond donors (Lipinski definition) is 3. The van der Waals surface area contributed by atoms with Crippen molar-refractivity contribution in [3.8, 4) is 23.2 Å². The highest BCUT2D eigenvalue weighted by atomic mass is 35.5. The molecule has 18 heteroatoms. The van der Waals surface area contributed by atoms with Gasteiger partial charge in [0.15, 0.2) is 5.82 Å². The Hall–Kier alpha value is -4.92. The summed E-state index contributed by atoms with van der Waals surface area (Å²) in [4.78, 5) is 50.9. The van der Waals surface area contributed by atoms with E-state index in [1.165, 1.54) is 12.1 Å². The van der Waals surface area contributed by atoms with Gasteiger partial charge in [-0.3, -0.25) is 20.3 Å². The summed E-state index contributed by atoms with van der Waals surface area (Å²) >= 11 is 7.70. The minimum atomic E-state index is -1.25. The first-order chi connectivity index (χ1) is 26.1. The van der Waals surface area contributed by atoms with Crippen LogP contribution in [0.2, 0.25) is 5.02 Å². The average molecular weight is 797 g/mol. The van der Waals surface area contributed by atoms with Crippen molar-refractivity contribution in [2.75, 3.05) is 43.0 Å². The fraction of sp³-hybridized carbons (Fsp3) is 0.459. The number of thiophene rings is 1. The van der Waals surface area contributed by atoms with Gasteiger partial charge in [0.1, 0.15) is 52.1 Å². The Kier molecular flexibility index (Phi) is 9.01. The number of anilines is 2. The lowest BCUT2D eigenvalue weighted by Gasteiger charge is -2.39. The lowest BCUT2D eigenvalue weighted by atomic mass is 9.89. The van der Waals surface area contributed by atoms with Crippen molar-refractivity contribution in [1.29, 1.82) is 5.26 Å². The molecule has 4 aliphatic rings. The molecular formula is C37H36ClF3N8O5S. The Morgan fingerprint density at radius 2 is 1.98 bits per heavy atom. The van der Waals surface area contributed by atoms with Crippen molar-refractivity contribution in [3.63, 3.8) is 0 Å². The highest BCUT2D eigenvalue weighted by molar-refractivity contribution is 7.23. The van der Waals surface area contributed by atoms with Crippen molar-refractivity contribution >= 4 is 72.8 Å². The summed E-state index contributed by atoms with van der Waals surface area (Å²) in [6.45, 7) is 6.45. The molecule has 13 nitrogen and oxygen atoms in total. The maximum absolute atomic E-state index is 17.3. The number of nitrogens with zero attached hydrogens (tertiary/aromatic N) is 5. The second-order valence-corrected chi connectivity index (χ2v) is 16.9. The minimum absolute atomic E-state index is 0.000508. The maximum atomic E-state index is 17.3. The zero-order valence-electron chi connectivity index (χ0n) is 30.1. The van der Waals surface area contributed by atoms with Crippen LogP contribution in [0.1, 0.15) is 58.4 Å². The van der Waals surface area contributed by atoms with E-state index < -0.39 is 52.5 Å². The number of nitrogens with one attached hydrogen (secondary N) is 3. The van der Waals surface area contributed by atoms with E-state index in [0.29, 0.717) is 32.4 Å². The molecule has 2 aromatic heterocycles. The quantitative estimate of drug-likeness (QED) is 0.177. The normalized spacial score (nSPS) is 24.0. The van der Waals surface area contributed by atoms with Crippen molar-refractivity contribution in [3.05, 3.63) is 40.4 Å². The van der Waals surface area contributed by atoms with Gasteiger partial charge in [-0.2, -0.15) is 15.2 Å². The molecule has 0 aliphatic carbocycles. The monoisotopic (exact) mass is 796 g/mol. The smallest absolute Gasteiger partial charge is 0.412 e. The fourth-order valence-corrected chi connectivity index (χ4v) is 9.74. The van der Waals surface area contributed by atoms with Gasteiger partial charge in [0.2, 0.25) is 0 Å². The van der Waals surface area contributed by atoms with Crippen LogP contribution < -0.4 is 25.6 Å². The van der Waals surface area contributed by atoms with E-state index in [2.05, 4.69) is 25.8 Å².